The van der Waals surface area contributed by atoms with Gasteiger partial charge in [0.25, 0.3) is 0 Å². The van der Waals surface area contributed by atoms with Crippen molar-refractivity contribution in [2.45, 2.75) is 64.1 Å². The summed E-state index contributed by atoms with van der Waals surface area (Å²) in [6, 6.07) is 1.02. The van der Waals surface area contributed by atoms with Crippen LogP contribution in [-0.4, -0.2) is 61.0 Å². The lowest BCUT2D eigenvalue weighted by Crippen LogP contribution is -2.49. The van der Waals surface area contributed by atoms with Crippen molar-refractivity contribution < 1.29 is 9.84 Å². The van der Waals surface area contributed by atoms with Crippen molar-refractivity contribution >= 4 is 0 Å². The predicted molar refractivity (Wildman–Crippen MR) is 79.5 cm³/mol. The molecule has 114 valence electrons. The van der Waals surface area contributed by atoms with Gasteiger partial charge < -0.3 is 20.1 Å². The molecule has 0 radical (unpaired) electrons. The monoisotopic (exact) mass is 272 g/mol. The van der Waals surface area contributed by atoms with Crippen LogP contribution < -0.4 is 5.32 Å². The van der Waals surface area contributed by atoms with Crippen LogP contribution in [0.4, 0.5) is 0 Å². The Morgan fingerprint density at radius 3 is 2.68 bits per heavy atom. The zero-order chi connectivity index (χ0) is 14.3. The van der Waals surface area contributed by atoms with Crippen molar-refractivity contribution in [3.8, 4) is 0 Å². The number of nitrogens with one attached hydrogen (secondary N) is 1. The molecule has 0 bridgehead atoms. The molecule has 0 saturated carbocycles. The first-order valence-electron chi connectivity index (χ1n) is 7.63. The Balaban J connectivity index is 2.17. The fourth-order valence-corrected chi connectivity index (χ4v) is 2.82. The summed E-state index contributed by atoms with van der Waals surface area (Å²) in [7, 11) is 2.19. The molecule has 1 heterocycles. The van der Waals surface area contributed by atoms with Crippen LogP contribution in [0.2, 0.25) is 0 Å². The maximum absolute atomic E-state index is 9.53. The summed E-state index contributed by atoms with van der Waals surface area (Å²) in [5, 5.41) is 13.0. The first-order chi connectivity index (χ1) is 8.97. The van der Waals surface area contributed by atoms with Crippen molar-refractivity contribution in [2.75, 3.05) is 33.4 Å². The standard InChI is InChI=1S/C15H32N2O2/c1-13(2)16-15(3,12-18)8-5-6-9-17(4)14-7-10-19-11-14/h13-14,16,18H,5-12H2,1-4H3. The minimum atomic E-state index is -0.136. The van der Waals surface area contributed by atoms with Gasteiger partial charge in [0.05, 0.1) is 13.2 Å². The second-order valence-corrected chi connectivity index (χ2v) is 6.47. The van der Waals surface area contributed by atoms with Gasteiger partial charge in [-0.3, -0.25) is 0 Å². The normalized spacial score (nSPS) is 23.2. The van der Waals surface area contributed by atoms with E-state index in [-0.39, 0.29) is 12.1 Å². The van der Waals surface area contributed by atoms with E-state index in [1.54, 1.807) is 0 Å². The van der Waals surface area contributed by atoms with E-state index in [1.807, 2.05) is 0 Å². The SMILES string of the molecule is CC(C)NC(C)(CO)CCCCN(C)C1CCOC1. The van der Waals surface area contributed by atoms with Crippen LogP contribution in [-0.2, 0) is 4.74 Å². The van der Waals surface area contributed by atoms with Gasteiger partial charge in [-0.05, 0) is 39.8 Å². The highest BCUT2D eigenvalue weighted by atomic mass is 16.5. The summed E-state index contributed by atoms with van der Waals surface area (Å²) < 4.78 is 5.42. The number of aliphatic hydroxyl groups is 1. The third kappa shape index (κ3) is 6.21. The van der Waals surface area contributed by atoms with Crippen LogP contribution >= 0.6 is 0 Å². The molecule has 0 aromatic heterocycles. The molecule has 4 nitrogen and oxygen atoms in total. The van der Waals surface area contributed by atoms with Crippen LogP contribution in [0.25, 0.3) is 0 Å². The number of hydrogen-bond donors (Lipinski definition) is 2. The van der Waals surface area contributed by atoms with E-state index in [1.165, 1.54) is 12.8 Å². The molecule has 4 heteroatoms. The molecule has 0 amide bonds. The third-order valence-corrected chi connectivity index (χ3v) is 4.00. The Morgan fingerprint density at radius 2 is 2.16 bits per heavy atom. The predicted octanol–water partition coefficient (Wildman–Crippen LogP) is 1.63. The van der Waals surface area contributed by atoms with Gasteiger partial charge in [0.15, 0.2) is 0 Å². The average Bonchev–Trinajstić information content (AvgIpc) is 2.87. The summed E-state index contributed by atoms with van der Waals surface area (Å²) in [5.74, 6) is 0. The molecule has 19 heavy (non-hydrogen) atoms. The number of likely N-dealkylation sites (N-methyl/N-ethyl adjacent to an activating group) is 1. The van der Waals surface area contributed by atoms with Crippen LogP contribution in [0.3, 0.4) is 0 Å². The van der Waals surface area contributed by atoms with Gasteiger partial charge in [-0.1, -0.05) is 20.3 Å². The van der Waals surface area contributed by atoms with Crippen LogP contribution in [0.5, 0.6) is 0 Å². The molecule has 1 saturated heterocycles. The first kappa shape index (κ1) is 16.9. The van der Waals surface area contributed by atoms with Crippen LogP contribution in [0.15, 0.2) is 0 Å². The summed E-state index contributed by atoms with van der Waals surface area (Å²) in [4.78, 5) is 2.42. The molecule has 2 atom stereocenters. The summed E-state index contributed by atoms with van der Waals surface area (Å²) in [6.45, 7) is 9.50. The fraction of sp³-hybridized carbons (Fsp3) is 1.00. The fourth-order valence-electron chi connectivity index (χ4n) is 2.82. The van der Waals surface area contributed by atoms with Gasteiger partial charge in [0.2, 0.25) is 0 Å². The number of ether oxygens (including phenoxy) is 1. The maximum Gasteiger partial charge on any atom is 0.0622 e. The van der Waals surface area contributed by atoms with Crippen molar-refractivity contribution in [1.82, 2.24) is 10.2 Å². The second kappa shape index (κ2) is 8.20. The number of aliphatic hydroxyl groups excluding tert-OH is 1. The zero-order valence-electron chi connectivity index (χ0n) is 13.1. The van der Waals surface area contributed by atoms with Crippen molar-refractivity contribution in [1.29, 1.82) is 0 Å². The molecule has 0 aliphatic carbocycles. The highest BCUT2D eigenvalue weighted by Crippen LogP contribution is 2.16. The summed E-state index contributed by atoms with van der Waals surface area (Å²) in [6.07, 6.45) is 4.52. The van der Waals surface area contributed by atoms with E-state index in [4.69, 9.17) is 4.74 Å². The van der Waals surface area contributed by atoms with E-state index >= 15 is 0 Å². The minimum Gasteiger partial charge on any atom is -0.394 e. The Kier molecular flexibility index (Phi) is 7.29. The van der Waals surface area contributed by atoms with Crippen LogP contribution in [0.1, 0.15) is 46.5 Å². The zero-order valence-corrected chi connectivity index (χ0v) is 13.1. The lowest BCUT2D eigenvalue weighted by molar-refractivity contribution is 0.146. The van der Waals surface area contributed by atoms with E-state index in [0.29, 0.717) is 12.1 Å². The van der Waals surface area contributed by atoms with Crippen molar-refractivity contribution in [2.24, 2.45) is 0 Å². The number of nitrogens with zero attached hydrogens (tertiary/aromatic N) is 1. The Hall–Kier alpha value is -0.160. The molecular formula is C15H32N2O2. The molecule has 0 aromatic carbocycles. The maximum atomic E-state index is 9.53. The number of hydrogen-bond acceptors (Lipinski definition) is 4. The molecule has 1 fully saturated rings. The highest BCUT2D eigenvalue weighted by Gasteiger charge is 2.24. The first-order valence-corrected chi connectivity index (χ1v) is 7.63. The van der Waals surface area contributed by atoms with Crippen LogP contribution in [0, 0.1) is 0 Å². The average molecular weight is 272 g/mol. The lowest BCUT2D eigenvalue weighted by Gasteiger charge is -2.31. The van der Waals surface area contributed by atoms with E-state index in [9.17, 15) is 5.11 Å². The van der Waals surface area contributed by atoms with Gasteiger partial charge in [0.1, 0.15) is 0 Å². The van der Waals surface area contributed by atoms with Gasteiger partial charge in [-0.2, -0.15) is 0 Å². The molecule has 2 unspecified atom stereocenters. The third-order valence-electron chi connectivity index (χ3n) is 4.00. The lowest BCUT2D eigenvalue weighted by atomic mass is 9.94. The van der Waals surface area contributed by atoms with E-state index in [0.717, 1.165) is 32.6 Å². The van der Waals surface area contributed by atoms with Crippen molar-refractivity contribution in [3.63, 3.8) is 0 Å². The van der Waals surface area contributed by atoms with Gasteiger partial charge in [-0.15, -0.1) is 0 Å². The number of rotatable bonds is 9. The topological polar surface area (TPSA) is 44.7 Å². The molecule has 0 aromatic rings. The van der Waals surface area contributed by atoms with Gasteiger partial charge >= 0.3 is 0 Å². The van der Waals surface area contributed by atoms with E-state index in [2.05, 4.69) is 38.0 Å². The van der Waals surface area contributed by atoms with Gasteiger partial charge in [0, 0.05) is 24.2 Å². The molecule has 1 aliphatic rings. The van der Waals surface area contributed by atoms with Crippen molar-refractivity contribution in [3.05, 3.63) is 0 Å². The summed E-state index contributed by atoms with van der Waals surface area (Å²) in [5.41, 5.74) is -0.136. The highest BCUT2D eigenvalue weighted by molar-refractivity contribution is 4.84. The molecular weight excluding hydrogens is 240 g/mol. The largest absolute Gasteiger partial charge is 0.394 e. The van der Waals surface area contributed by atoms with E-state index < -0.39 is 0 Å². The van der Waals surface area contributed by atoms with Gasteiger partial charge in [-0.25, -0.2) is 0 Å². The molecule has 1 rings (SSSR count). The number of unbranched alkanes of at least 4 members (excludes halogenated alkanes) is 1. The molecule has 2 N–H and O–H groups in total. The Morgan fingerprint density at radius 1 is 1.42 bits per heavy atom. The Bertz CT molecular complexity index is 242. The smallest absolute Gasteiger partial charge is 0.0622 e. The second-order valence-electron chi connectivity index (χ2n) is 6.47. The molecule has 0 spiro atoms. The molecule has 1 aliphatic heterocycles. The summed E-state index contributed by atoms with van der Waals surface area (Å²) >= 11 is 0. The Labute approximate surface area is 118 Å². The quantitative estimate of drug-likeness (QED) is 0.626. The minimum absolute atomic E-state index is 0.136.